The topological polar surface area (TPSA) is 61.3 Å². The first-order valence-corrected chi connectivity index (χ1v) is 12.0. The van der Waals surface area contributed by atoms with Gasteiger partial charge >= 0.3 is 5.69 Å². The summed E-state index contributed by atoms with van der Waals surface area (Å²) < 4.78 is 4.71. The van der Waals surface area contributed by atoms with Gasteiger partial charge in [0.15, 0.2) is 0 Å². The molecular weight excluding hydrogens is 448 g/mol. The molecule has 0 unspecified atom stereocenters. The molecule has 0 bridgehead atoms. The maximum atomic E-state index is 13.7. The van der Waals surface area contributed by atoms with Crippen LogP contribution in [-0.4, -0.2) is 19.5 Å². The van der Waals surface area contributed by atoms with E-state index < -0.39 is 0 Å². The molecule has 1 aliphatic heterocycles. The Hall–Kier alpha value is -4.45. The number of rotatable bonds is 3. The van der Waals surface area contributed by atoms with Crippen molar-refractivity contribution in [2.24, 2.45) is 19.2 Å². The molecule has 6 rings (SSSR count). The zero-order valence-electron chi connectivity index (χ0n) is 20.5. The van der Waals surface area contributed by atoms with Crippen LogP contribution in [-0.2, 0) is 14.1 Å². The molecule has 5 aromatic rings. The summed E-state index contributed by atoms with van der Waals surface area (Å²) >= 11 is 0. The second kappa shape index (κ2) is 8.34. The van der Waals surface area contributed by atoms with Crippen molar-refractivity contribution in [1.29, 1.82) is 0 Å². The Morgan fingerprint density at radius 1 is 0.806 bits per heavy atom. The van der Waals surface area contributed by atoms with Gasteiger partial charge < -0.3 is 0 Å². The van der Waals surface area contributed by atoms with Crippen LogP contribution in [0.4, 0.5) is 0 Å². The lowest BCUT2D eigenvalue weighted by atomic mass is 9.87. The molecule has 0 saturated heterocycles. The van der Waals surface area contributed by atoms with Crippen LogP contribution in [0, 0.1) is 6.92 Å². The summed E-state index contributed by atoms with van der Waals surface area (Å²) in [5.41, 5.74) is 6.64. The SMILES string of the molecule is Cc1cccc(-c2c3c(=O)n(C)c(=O)n(C)c3c3n2N=C(c2ccccc2)C[C@H]3c2ccccc2)c1. The minimum atomic E-state index is -0.346. The number of nitrogens with zero attached hydrogens (tertiary/aromatic N) is 4. The van der Waals surface area contributed by atoms with E-state index in [1.807, 2.05) is 66.2 Å². The molecule has 3 aromatic carbocycles. The summed E-state index contributed by atoms with van der Waals surface area (Å²) in [6.45, 7) is 2.03. The average Bonchev–Trinajstić information content (AvgIpc) is 3.26. The van der Waals surface area contributed by atoms with E-state index in [-0.39, 0.29) is 17.2 Å². The molecule has 1 atom stereocenters. The van der Waals surface area contributed by atoms with E-state index in [9.17, 15) is 9.59 Å². The molecule has 0 spiro atoms. The molecule has 0 saturated carbocycles. The fourth-order valence-electron chi connectivity index (χ4n) is 5.38. The minimum absolute atomic E-state index is 0.0855. The van der Waals surface area contributed by atoms with Gasteiger partial charge in [-0.15, -0.1) is 0 Å². The van der Waals surface area contributed by atoms with E-state index in [4.69, 9.17) is 5.10 Å². The lowest BCUT2D eigenvalue weighted by molar-refractivity contribution is 0.680. The van der Waals surface area contributed by atoms with Crippen molar-refractivity contribution in [3.63, 3.8) is 0 Å². The first-order valence-electron chi connectivity index (χ1n) is 12.0. The summed E-state index contributed by atoms with van der Waals surface area (Å²) in [6.07, 6.45) is 0.657. The van der Waals surface area contributed by atoms with Crippen molar-refractivity contribution in [3.05, 3.63) is 128 Å². The first-order chi connectivity index (χ1) is 17.5. The summed E-state index contributed by atoms with van der Waals surface area (Å²) in [6, 6.07) is 28.5. The van der Waals surface area contributed by atoms with Crippen molar-refractivity contribution in [3.8, 4) is 11.3 Å². The van der Waals surface area contributed by atoms with Gasteiger partial charge in [0.1, 0.15) is 0 Å². The maximum absolute atomic E-state index is 13.7. The zero-order valence-corrected chi connectivity index (χ0v) is 20.5. The minimum Gasteiger partial charge on any atom is -0.294 e. The average molecular weight is 475 g/mol. The molecule has 6 nitrogen and oxygen atoms in total. The van der Waals surface area contributed by atoms with Crippen LogP contribution in [0.15, 0.2) is 99.6 Å². The Morgan fingerprint density at radius 3 is 2.17 bits per heavy atom. The highest BCUT2D eigenvalue weighted by Crippen LogP contribution is 2.42. The van der Waals surface area contributed by atoms with E-state index in [1.165, 1.54) is 11.6 Å². The van der Waals surface area contributed by atoms with Gasteiger partial charge in [0.05, 0.1) is 28.0 Å². The van der Waals surface area contributed by atoms with Crippen molar-refractivity contribution in [1.82, 2.24) is 13.8 Å². The Balaban J connectivity index is 1.82. The van der Waals surface area contributed by atoms with E-state index in [0.717, 1.165) is 33.7 Å². The van der Waals surface area contributed by atoms with Gasteiger partial charge in [-0.05, 0) is 24.1 Å². The summed E-state index contributed by atoms with van der Waals surface area (Å²) in [5.74, 6) is -0.0855. The molecule has 178 valence electrons. The number of aromatic nitrogens is 3. The summed E-state index contributed by atoms with van der Waals surface area (Å²) in [5, 5.41) is 5.66. The Labute approximate surface area is 208 Å². The Kier molecular flexibility index (Phi) is 5.11. The van der Waals surface area contributed by atoms with Gasteiger partial charge in [-0.25, -0.2) is 9.47 Å². The molecular formula is C30H26N4O2. The Morgan fingerprint density at radius 2 is 1.47 bits per heavy atom. The smallest absolute Gasteiger partial charge is 0.294 e. The third-order valence-electron chi connectivity index (χ3n) is 7.13. The van der Waals surface area contributed by atoms with E-state index in [0.29, 0.717) is 23.0 Å². The van der Waals surface area contributed by atoms with Crippen LogP contribution in [0.1, 0.15) is 34.7 Å². The van der Waals surface area contributed by atoms with Gasteiger partial charge in [-0.3, -0.25) is 13.9 Å². The molecule has 0 aliphatic carbocycles. The molecule has 0 fully saturated rings. The fraction of sp³-hybridized carbons (Fsp3) is 0.167. The summed E-state index contributed by atoms with van der Waals surface area (Å²) in [7, 11) is 3.28. The Bertz CT molecular complexity index is 1770. The predicted molar refractivity (Wildman–Crippen MR) is 144 cm³/mol. The van der Waals surface area contributed by atoms with Gasteiger partial charge in [0.25, 0.3) is 5.56 Å². The second-order valence-corrected chi connectivity index (χ2v) is 9.42. The highest BCUT2D eigenvalue weighted by Gasteiger charge is 2.34. The molecule has 36 heavy (non-hydrogen) atoms. The quantitative estimate of drug-likeness (QED) is 0.377. The van der Waals surface area contributed by atoms with Crippen molar-refractivity contribution in [2.75, 3.05) is 0 Å². The monoisotopic (exact) mass is 474 g/mol. The first kappa shape index (κ1) is 22.0. The largest absolute Gasteiger partial charge is 0.331 e. The van der Waals surface area contributed by atoms with Gasteiger partial charge in [0.2, 0.25) is 0 Å². The molecule has 0 N–H and O–H groups in total. The predicted octanol–water partition coefficient (Wildman–Crippen LogP) is 4.80. The molecule has 3 heterocycles. The van der Waals surface area contributed by atoms with Gasteiger partial charge in [-0.1, -0.05) is 84.4 Å². The third-order valence-corrected chi connectivity index (χ3v) is 7.13. The number of hydrogen-bond acceptors (Lipinski definition) is 3. The normalized spacial score (nSPS) is 15.1. The fourth-order valence-corrected chi connectivity index (χ4v) is 5.38. The van der Waals surface area contributed by atoms with Crippen molar-refractivity contribution < 1.29 is 0 Å². The number of fused-ring (bicyclic) bond motifs is 3. The standard InChI is InChI=1S/C30H26N4O2/c1-19-11-10-16-22(17-19)26-25-28(32(2)30(36)33(3)29(25)35)27-23(20-12-6-4-7-13-20)18-24(31-34(26)27)21-14-8-5-9-15-21/h4-17,23H,18H2,1-3H3/t23-/m0/s1. The highest BCUT2D eigenvalue weighted by molar-refractivity contribution is 6.04. The van der Waals surface area contributed by atoms with Crippen LogP contribution in [0.25, 0.3) is 22.2 Å². The van der Waals surface area contributed by atoms with Crippen LogP contribution in [0.2, 0.25) is 0 Å². The van der Waals surface area contributed by atoms with Gasteiger partial charge in [0, 0.05) is 32.0 Å². The second-order valence-electron chi connectivity index (χ2n) is 9.42. The van der Waals surface area contributed by atoms with Crippen LogP contribution >= 0.6 is 0 Å². The van der Waals surface area contributed by atoms with Crippen LogP contribution in [0.5, 0.6) is 0 Å². The molecule has 0 radical (unpaired) electrons. The maximum Gasteiger partial charge on any atom is 0.331 e. The number of aryl methyl sites for hydroxylation is 2. The lowest BCUT2D eigenvalue weighted by Crippen LogP contribution is -2.37. The summed E-state index contributed by atoms with van der Waals surface area (Å²) in [4.78, 5) is 26.8. The van der Waals surface area contributed by atoms with E-state index in [2.05, 4.69) is 30.3 Å². The van der Waals surface area contributed by atoms with Crippen molar-refractivity contribution >= 4 is 16.6 Å². The van der Waals surface area contributed by atoms with Crippen LogP contribution < -0.4 is 11.2 Å². The number of benzene rings is 3. The molecule has 6 heteroatoms. The highest BCUT2D eigenvalue weighted by atomic mass is 16.2. The number of hydrogen-bond donors (Lipinski definition) is 0. The third kappa shape index (κ3) is 3.29. The molecule has 2 aromatic heterocycles. The van der Waals surface area contributed by atoms with Crippen molar-refractivity contribution in [2.45, 2.75) is 19.3 Å². The molecule has 0 amide bonds. The van der Waals surface area contributed by atoms with E-state index in [1.54, 1.807) is 11.6 Å². The van der Waals surface area contributed by atoms with E-state index >= 15 is 0 Å². The van der Waals surface area contributed by atoms with Crippen LogP contribution in [0.3, 0.4) is 0 Å². The molecule has 1 aliphatic rings. The lowest BCUT2D eigenvalue weighted by Gasteiger charge is -2.26. The van der Waals surface area contributed by atoms with Gasteiger partial charge in [-0.2, -0.15) is 5.10 Å². The zero-order chi connectivity index (χ0) is 25.0.